The van der Waals surface area contributed by atoms with Gasteiger partial charge in [0.05, 0.1) is 12.8 Å². The highest BCUT2D eigenvalue weighted by Crippen LogP contribution is 2.01. The molecule has 0 fully saturated rings. The average Bonchev–Trinajstić information content (AvgIpc) is 2.40. The molecule has 0 aromatic heterocycles. The molecule has 0 amide bonds. The second kappa shape index (κ2) is 14.3. The molecule has 0 saturated heterocycles. The number of halogens is 1. The first-order valence-corrected chi connectivity index (χ1v) is 9.34. The zero-order valence-electron chi connectivity index (χ0n) is 14.0. The van der Waals surface area contributed by atoms with Crippen LogP contribution in [0.15, 0.2) is 17.6 Å². The van der Waals surface area contributed by atoms with Crippen molar-refractivity contribution in [1.82, 2.24) is 14.9 Å². The Hall–Kier alpha value is -0.350. The quantitative estimate of drug-likeness (QED) is 0.167. The fourth-order valence-electron chi connectivity index (χ4n) is 1.78. The highest BCUT2D eigenvalue weighted by Gasteiger charge is 2.05. The van der Waals surface area contributed by atoms with Crippen LogP contribution in [0.5, 0.6) is 0 Å². The van der Waals surface area contributed by atoms with Gasteiger partial charge in [0.15, 0.2) is 5.96 Å². The van der Waals surface area contributed by atoms with Crippen molar-refractivity contribution < 1.29 is 8.42 Å². The van der Waals surface area contributed by atoms with E-state index in [4.69, 9.17) is 0 Å². The summed E-state index contributed by atoms with van der Waals surface area (Å²) in [4.78, 5) is 6.50. The van der Waals surface area contributed by atoms with Gasteiger partial charge >= 0.3 is 0 Å². The molecule has 0 unspecified atom stereocenters. The van der Waals surface area contributed by atoms with E-state index in [1.54, 1.807) is 0 Å². The molecule has 0 atom stereocenters. The summed E-state index contributed by atoms with van der Waals surface area (Å²) in [7, 11) is -1.14. The molecule has 0 heterocycles. The van der Waals surface area contributed by atoms with Gasteiger partial charge in [0, 0.05) is 26.7 Å². The third-order valence-corrected chi connectivity index (χ3v) is 3.56. The van der Waals surface area contributed by atoms with Crippen molar-refractivity contribution in [2.75, 3.05) is 39.5 Å². The van der Waals surface area contributed by atoms with Crippen LogP contribution in [0.2, 0.25) is 0 Å². The van der Waals surface area contributed by atoms with E-state index in [-0.39, 0.29) is 24.0 Å². The van der Waals surface area contributed by atoms with E-state index < -0.39 is 10.0 Å². The summed E-state index contributed by atoms with van der Waals surface area (Å²) in [6.07, 6.45) is 7.61. The minimum Gasteiger partial charge on any atom is -0.357 e. The predicted octanol–water partition coefficient (Wildman–Crippen LogP) is 1.80. The van der Waals surface area contributed by atoms with E-state index >= 15 is 0 Å². The third-order valence-electron chi connectivity index (χ3n) is 2.84. The van der Waals surface area contributed by atoms with Crippen LogP contribution in [0.25, 0.3) is 0 Å². The number of aliphatic imine (C=N–C) groups is 1. The van der Waals surface area contributed by atoms with Gasteiger partial charge in [0.1, 0.15) is 0 Å². The Balaban J connectivity index is 0. The van der Waals surface area contributed by atoms with Gasteiger partial charge in [-0.05, 0) is 26.2 Å². The predicted molar refractivity (Wildman–Crippen MR) is 106 cm³/mol. The Morgan fingerprint density at radius 2 is 2.00 bits per heavy atom. The van der Waals surface area contributed by atoms with Gasteiger partial charge in [0.25, 0.3) is 0 Å². The first-order chi connectivity index (χ1) is 9.90. The van der Waals surface area contributed by atoms with Crippen molar-refractivity contribution in [2.24, 2.45) is 4.99 Å². The molecule has 2 N–H and O–H groups in total. The molecule has 8 heteroatoms. The van der Waals surface area contributed by atoms with Gasteiger partial charge in [-0.25, -0.2) is 13.1 Å². The molecule has 0 radical (unpaired) electrons. The summed E-state index contributed by atoms with van der Waals surface area (Å²) < 4.78 is 24.4. The molecule has 0 aromatic carbocycles. The fraction of sp³-hybridized carbons (Fsp3) is 0.786. The van der Waals surface area contributed by atoms with Crippen LogP contribution >= 0.6 is 24.0 Å². The van der Waals surface area contributed by atoms with Crippen molar-refractivity contribution in [3.63, 3.8) is 0 Å². The number of unbranched alkanes of at least 4 members (excludes halogenated alkanes) is 3. The van der Waals surface area contributed by atoms with E-state index in [0.717, 1.165) is 38.1 Å². The highest BCUT2D eigenvalue weighted by molar-refractivity contribution is 14.0. The van der Waals surface area contributed by atoms with E-state index in [2.05, 4.69) is 26.5 Å². The largest absolute Gasteiger partial charge is 0.357 e. The maximum absolute atomic E-state index is 11.0. The highest BCUT2D eigenvalue weighted by atomic mass is 127. The monoisotopic (exact) mass is 446 g/mol. The Labute approximate surface area is 152 Å². The lowest BCUT2D eigenvalue weighted by Crippen LogP contribution is -2.40. The van der Waals surface area contributed by atoms with Crippen LogP contribution in [-0.4, -0.2) is 58.8 Å². The minimum absolute atomic E-state index is 0. The van der Waals surface area contributed by atoms with Crippen molar-refractivity contribution >= 4 is 40.0 Å². The van der Waals surface area contributed by atoms with Crippen molar-refractivity contribution in [2.45, 2.75) is 32.6 Å². The third kappa shape index (κ3) is 14.6. The zero-order chi connectivity index (χ0) is 16.1. The number of nitrogens with zero attached hydrogens (tertiary/aromatic N) is 2. The molecule has 0 aromatic rings. The number of sulfonamides is 1. The first kappa shape index (κ1) is 23.9. The first-order valence-electron chi connectivity index (χ1n) is 7.45. The van der Waals surface area contributed by atoms with Crippen LogP contribution in [0.3, 0.4) is 0 Å². The normalized spacial score (nSPS) is 11.7. The molecule has 6 nitrogen and oxygen atoms in total. The van der Waals surface area contributed by atoms with Crippen molar-refractivity contribution in [3.8, 4) is 0 Å². The van der Waals surface area contributed by atoms with Crippen LogP contribution in [-0.2, 0) is 10.0 Å². The fourth-order valence-corrected chi connectivity index (χ4v) is 2.24. The Morgan fingerprint density at radius 1 is 1.32 bits per heavy atom. The van der Waals surface area contributed by atoms with E-state index in [1.807, 2.05) is 20.0 Å². The Morgan fingerprint density at radius 3 is 2.55 bits per heavy atom. The van der Waals surface area contributed by atoms with Gasteiger partial charge in [0.2, 0.25) is 10.0 Å². The van der Waals surface area contributed by atoms with Crippen molar-refractivity contribution in [1.29, 1.82) is 0 Å². The van der Waals surface area contributed by atoms with Gasteiger partial charge in [-0.15, -0.1) is 30.6 Å². The second-order valence-electron chi connectivity index (χ2n) is 4.96. The molecule has 0 bridgehead atoms. The van der Waals surface area contributed by atoms with Crippen LogP contribution in [0.4, 0.5) is 0 Å². The van der Waals surface area contributed by atoms with Crippen LogP contribution < -0.4 is 10.0 Å². The van der Waals surface area contributed by atoms with Crippen molar-refractivity contribution in [3.05, 3.63) is 12.7 Å². The summed E-state index contributed by atoms with van der Waals surface area (Å²) in [5, 5.41) is 3.21. The van der Waals surface area contributed by atoms with E-state index in [9.17, 15) is 8.42 Å². The lowest BCUT2D eigenvalue weighted by molar-refractivity contribution is 0.455. The van der Waals surface area contributed by atoms with Gasteiger partial charge in [-0.3, -0.25) is 4.99 Å². The molecule has 132 valence electrons. The van der Waals surface area contributed by atoms with Crippen LogP contribution in [0.1, 0.15) is 32.6 Å². The number of nitrogens with one attached hydrogen (secondary N) is 2. The smallest absolute Gasteiger partial charge is 0.208 e. The molecule has 0 aliphatic heterocycles. The summed E-state index contributed by atoms with van der Waals surface area (Å²) in [6, 6.07) is 0. The summed E-state index contributed by atoms with van der Waals surface area (Å²) in [6.45, 7) is 8.20. The Bertz CT molecular complexity index is 413. The molecule has 0 spiro atoms. The summed E-state index contributed by atoms with van der Waals surface area (Å²) in [5.41, 5.74) is 0. The van der Waals surface area contributed by atoms with E-state index in [1.165, 1.54) is 12.8 Å². The second-order valence-corrected chi connectivity index (χ2v) is 6.79. The zero-order valence-corrected chi connectivity index (χ0v) is 17.1. The number of guanidine groups is 1. The number of rotatable bonds is 11. The summed E-state index contributed by atoms with van der Waals surface area (Å²) in [5.74, 6) is 0.816. The molecular weight excluding hydrogens is 415 g/mol. The summed E-state index contributed by atoms with van der Waals surface area (Å²) >= 11 is 0. The molecule has 0 saturated carbocycles. The number of hydrogen-bond donors (Lipinski definition) is 2. The van der Waals surface area contributed by atoms with Crippen LogP contribution in [0, 0.1) is 0 Å². The number of hydrogen-bond acceptors (Lipinski definition) is 3. The average molecular weight is 446 g/mol. The van der Waals surface area contributed by atoms with Gasteiger partial charge < -0.3 is 10.2 Å². The minimum atomic E-state index is -3.14. The van der Waals surface area contributed by atoms with Gasteiger partial charge in [-0.2, -0.15) is 0 Å². The molecule has 22 heavy (non-hydrogen) atoms. The molecule has 0 rings (SSSR count). The standard InChI is InChI=1S/C14H30N4O2S.HI/c1-5-7-8-9-10-13-18(3)14(15-6-2)16-11-12-17-21(4,19)20;/h5,17H,1,6-13H2,2-4H3,(H,15,16);1H. The lowest BCUT2D eigenvalue weighted by atomic mass is 10.2. The molecule has 0 aliphatic rings. The number of allylic oxidation sites excluding steroid dienone is 1. The van der Waals surface area contributed by atoms with E-state index in [0.29, 0.717) is 13.1 Å². The molecule has 0 aliphatic carbocycles. The topological polar surface area (TPSA) is 73.8 Å². The molecular formula is C14H31IN4O2S. The van der Waals surface area contributed by atoms with Gasteiger partial charge in [-0.1, -0.05) is 12.5 Å². The lowest BCUT2D eigenvalue weighted by Gasteiger charge is -2.22. The Kier molecular flexibility index (Phi) is 15.5. The SMILES string of the molecule is C=CCCCCCN(C)C(=NCCNS(C)(=O)=O)NCC.I. The maximum Gasteiger partial charge on any atom is 0.208 e. The maximum atomic E-state index is 11.0.